The Bertz CT molecular complexity index is 420. The van der Waals surface area contributed by atoms with Gasteiger partial charge in [-0.25, -0.2) is 0 Å². The Morgan fingerprint density at radius 3 is 1.73 bits per heavy atom. The largest absolute Gasteiger partial charge is 0.486 e. The average molecular weight is 382 g/mol. The fourth-order valence-corrected chi connectivity index (χ4v) is 9.79. The van der Waals surface area contributed by atoms with Crippen molar-refractivity contribution in [3.63, 3.8) is 0 Å². The molecule has 5 heteroatoms. The molecule has 0 amide bonds. The van der Waals surface area contributed by atoms with E-state index in [0.717, 1.165) is 25.9 Å². The van der Waals surface area contributed by atoms with E-state index in [9.17, 15) is 0 Å². The summed E-state index contributed by atoms with van der Waals surface area (Å²) in [6, 6.07) is 0. The predicted octanol–water partition coefficient (Wildman–Crippen LogP) is 6.54. The van der Waals surface area contributed by atoms with Gasteiger partial charge in [-0.15, -0.1) is 0 Å². The van der Waals surface area contributed by atoms with Gasteiger partial charge in [0.25, 0.3) is 0 Å². The Morgan fingerprint density at radius 2 is 1.31 bits per heavy atom. The molecule has 0 spiro atoms. The van der Waals surface area contributed by atoms with Crippen molar-refractivity contribution in [2.75, 3.05) is 6.61 Å². The van der Waals surface area contributed by atoms with Crippen LogP contribution in [0.1, 0.15) is 88.5 Å². The molecule has 0 N–H and O–H groups in total. The van der Waals surface area contributed by atoms with Gasteiger partial charge < -0.3 is 13.7 Å². The first kappa shape index (κ1) is 23.9. The van der Waals surface area contributed by atoms with Crippen molar-refractivity contribution in [2.24, 2.45) is 0 Å². The molecule has 3 nitrogen and oxygen atoms in total. The monoisotopic (exact) mass is 382 g/mol. The van der Waals surface area contributed by atoms with Crippen molar-refractivity contribution in [3.8, 4) is 0 Å². The summed E-state index contributed by atoms with van der Waals surface area (Å²) >= 11 is 0. The summed E-state index contributed by atoms with van der Waals surface area (Å²) in [5.74, 6) is 2.06. The van der Waals surface area contributed by atoms with E-state index in [1.54, 1.807) is 0 Å². The fraction of sp³-hybridized carbons (Fsp3) is 0.905. The highest BCUT2D eigenvalue weighted by atomic mass is 28.4. The minimum absolute atomic E-state index is 0.223. The smallest absolute Gasteiger partial charge is 0.416 e. The van der Waals surface area contributed by atoms with Gasteiger partial charge in [0.15, 0.2) is 8.32 Å². The van der Waals surface area contributed by atoms with Crippen molar-refractivity contribution in [1.29, 1.82) is 0 Å². The fourth-order valence-electron chi connectivity index (χ4n) is 4.29. The minimum atomic E-state index is -1.71. The SMILES string of the molecule is CC(C)[Si](OCCCC/C=C/B1OC(C)(C)C(C)(C)O1)(C(C)C)C(C)C. The number of allylic oxidation sites excluding steroid dienone is 1. The lowest BCUT2D eigenvalue weighted by molar-refractivity contribution is 0.00578. The molecule has 1 saturated heterocycles. The molecule has 1 aliphatic rings. The number of unbranched alkanes of at least 4 members (excludes halogenated alkanes) is 2. The van der Waals surface area contributed by atoms with Gasteiger partial charge in [0, 0.05) is 6.61 Å². The highest BCUT2D eigenvalue weighted by molar-refractivity contribution is 6.77. The van der Waals surface area contributed by atoms with Crippen LogP contribution in [0, 0.1) is 0 Å². The zero-order chi connectivity index (χ0) is 20.2. The molecule has 0 bridgehead atoms. The molecule has 0 atom stereocenters. The molecule has 1 rings (SSSR count). The van der Waals surface area contributed by atoms with Crippen LogP contribution in [-0.2, 0) is 13.7 Å². The molecule has 0 radical (unpaired) electrons. The molecule has 152 valence electrons. The van der Waals surface area contributed by atoms with E-state index in [1.165, 1.54) is 0 Å². The minimum Gasteiger partial charge on any atom is -0.416 e. The van der Waals surface area contributed by atoms with E-state index >= 15 is 0 Å². The van der Waals surface area contributed by atoms with Gasteiger partial charge in [0.1, 0.15) is 0 Å². The van der Waals surface area contributed by atoms with Gasteiger partial charge >= 0.3 is 7.12 Å². The van der Waals surface area contributed by atoms with Crippen LogP contribution in [0.15, 0.2) is 12.1 Å². The first-order chi connectivity index (χ1) is 11.9. The third kappa shape index (κ3) is 5.46. The van der Waals surface area contributed by atoms with E-state index in [2.05, 4.69) is 81.3 Å². The number of hydrogen-bond acceptors (Lipinski definition) is 3. The Morgan fingerprint density at radius 1 is 0.846 bits per heavy atom. The lowest BCUT2D eigenvalue weighted by Gasteiger charge is -2.42. The molecule has 1 heterocycles. The first-order valence-electron chi connectivity index (χ1n) is 10.5. The van der Waals surface area contributed by atoms with Crippen LogP contribution in [-0.4, -0.2) is 33.2 Å². The molecule has 1 fully saturated rings. The lowest BCUT2D eigenvalue weighted by atomic mass is 9.89. The quantitative estimate of drug-likeness (QED) is 0.317. The lowest BCUT2D eigenvalue weighted by Crippen LogP contribution is -2.47. The molecule has 0 aromatic heterocycles. The van der Waals surface area contributed by atoms with Crippen LogP contribution in [0.5, 0.6) is 0 Å². The molecule has 0 aliphatic carbocycles. The van der Waals surface area contributed by atoms with Crippen molar-refractivity contribution in [3.05, 3.63) is 12.1 Å². The second-order valence-corrected chi connectivity index (χ2v) is 15.2. The summed E-state index contributed by atoms with van der Waals surface area (Å²) in [6.07, 6.45) is 5.51. The van der Waals surface area contributed by atoms with Crippen LogP contribution in [0.2, 0.25) is 16.6 Å². The summed E-state index contributed by atoms with van der Waals surface area (Å²) in [4.78, 5) is 0. The zero-order valence-electron chi connectivity index (χ0n) is 19.0. The van der Waals surface area contributed by atoms with Crippen molar-refractivity contribution in [2.45, 2.75) is 116 Å². The highest BCUT2D eigenvalue weighted by Gasteiger charge is 2.50. The summed E-state index contributed by atoms with van der Waals surface area (Å²) in [6.45, 7) is 23.3. The zero-order valence-corrected chi connectivity index (χ0v) is 20.0. The first-order valence-corrected chi connectivity index (χ1v) is 12.7. The maximum absolute atomic E-state index is 6.61. The van der Waals surface area contributed by atoms with Crippen LogP contribution >= 0.6 is 0 Å². The predicted molar refractivity (Wildman–Crippen MR) is 116 cm³/mol. The van der Waals surface area contributed by atoms with E-state index in [0.29, 0.717) is 16.6 Å². The molecule has 0 saturated carbocycles. The Hall–Kier alpha value is -0.0982. The van der Waals surface area contributed by atoms with Gasteiger partial charge in [-0.3, -0.25) is 0 Å². The maximum atomic E-state index is 6.61. The third-order valence-electron chi connectivity index (χ3n) is 6.39. The summed E-state index contributed by atoms with van der Waals surface area (Å²) < 4.78 is 18.6. The second-order valence-electron chi connectivity index (χ2n) is 9.71. The van der Waals surface area contributed by atoms with E-state index in [-0.39, 0.29) is 18.3 Å². The number of rotatable bonds is 10. The van der Waals surface area contributed by atoms with Gasteiger partial charge in [-0.2, -0.15) is 0 Å². The number of hydrogen-bond donors (Lipinski definition) is 0. The van der Waals surface area contributed by atoms with E-state index in [1.807, 2.05) is 0 Å². The van der Waals surface area contributed by atoms with Crippen molar-refractivity contribution < 1.29 is 13.7 Å². The Labute approximate surface area is 164 Å². The molecule has 0 aromatic carbocycles. The van der Waals surface area contributed by atoms with Crippen molar-refractivity contribution >= 4 is 15.4 Å². The van der Waals surface area contributed by atoms with Gasteiger partial charge in [0.05, 0.1) is 11.2 Å². The van der Waals surface area contributed by atoms with E-state index in [4.69, 9.17) is 13.7 Å². The molecule has 26 heavy (non-hydrogen) atoms. The third-order valence-corrected chi connectivity index (χ3v) is 12.5. The van der Waals surface area contributed by atoms with Crippen LogP contribution < -0.4 is 0 Å². The summed E-state index contributed by atoms with van der Waals surface area (Å²) in [5.41, 5.74) is 1.46. The molecule has 1 aliphatic heterocycles. The molecular weight excluding hydrogens is 339 g/mol. The van der Waals surface area contributed by atoms with Crippen LogP contribution in [0.4, 0.5) is 0 Å². The summed E-state index contributed by atoms with van der Waals surface area (Å²) in [5, 5.41) is 0. The Kier molecular flexibility index (Phi) is 8.66. The molecule has 0 unspecified atom stereocenters. The standard InChI is InChI=1S/C21H43BO3Si/c1-17(2)26(18(3)4,19(5)6)23-16-14-12-11-13-15-22-24-20(7,8)21(9,10)25-22/h13,15,17-19H,11-12,14,16H2,1-10H3/b15-13+. The van der Waals surface area contributed by atoms with Crippen LogP contribution in [0.25, 0.3) is 0 Å². The second kappa shape index (κ2) is 9.40. The average Bonchev–Trinajstić information content (AvgIpc) is 2.68. The van der Waals surface area contributed by atoms with Crippen LogP contribution in [0.3, 0.4) is 0 Å². The Balaban J connectivity index is 2.37. The topological polar surface area (TPSA) is 27.7 Å². The normalized spacial score (nSPS) is 20.3. The summed E-state index contributed by atoms with van der Waals surface area (Å²) in [7, 11) is -1.93. The maximum Gasteiger partial charge on any atom is 0.486 e. The van der Waals surface area contributed by atoms with E-state index < -0.39 is 8.32 Å². The molecular formula is C21H43BO3Si. The van der Waals surface area contributed by atoms with Crippen molar-refractivity contribution in [1.82, 2.24) is 0 Å². The van der Waals surface area contributed by atoms with Gasteiger partial charge in [-0.05, 0) is 63.6 Å². The van der Waals surface area contributed by atoms with Gasteiger partial charge in [0.2, 0.25) is 0 Å². The van der Waals surface area contributed by atoms with Gasteiger partial charge in [-0.1, -0.05) is 53.6 Å². The molecule has 0 aromatic rings. The highest BCUT2D eigenvalue weighted by Crippen LogP contribution is 2.42.